The molecule has 1 amide bonds. The molecule has 0 saturated carbocycles. The number of rotatable bonds is 2. The second kappa shape index (κ2) is 4.25. The summed E-state index contributed by atoms with van der Waals surface area (Å²) >= 11 is 0. The molecule has 1 heterocycles. The zero-order chi connectivity index (χ0) is 12.4. The van der Waals surface area contributed by atoms with Gasteiger partial charge >= 0.3 is 0 Å². The Morgan fingerprint density at radius 3 is 2.71 bits per heavy atom. The lowest BCUT2D eigenvalue weighted by molar-refractivity contribution is 0.102. The highest BCUT2D eigenvalue weighted by molar-refractivity contribution is 6.05. The van der Waals surface area contributed by atoms with E-state index >= 15 is 0 Å². The summed E-state index contributed by atoms with van der Waals surface area (Å²) < 4.78 is 0. The normalized spacial score (nSPS) is 10.2. The highest BCUT2D eigenvalue weighted by atomic mass is 16.2. The first kappa shape index (κ1) is 11.1. The fraction of sp³-hybridized carbons (Fsp3) is 0.182. The highest BCUT2D eigenvalue weighted by Gasteiger charge is 2.14. The number of amides is 1. The van der Waals surface area contributed by atoms with Crippen LogP contribution in [-0.4, -0.2) is 21.3 Å². The first-order valence-electron chi connectivity index (χ1n) is 5.13. The Kier molecular flexibility index (Phi) is 2.78. The molecule has 0 saturated heterocycles. The van der Waals surface area contributed by atoms with E-state index in [1.54, 1.807) is 0 Å². The number of anilines is 2. The Hall–Kier alpha value is -2.37. The number of aromatic nitrogens is 3. The largest absolute Gasteiger partial charge is 0.380 e. The van der Waals surface area contributed by atoms with Crippen LogP contribution in [0, 0.1) is 13.8 Å². The molecule has 1 aromatic carbocycles. The van der Waals surface area contributed by atoms with Crippen molar-refractivity contribution in [3.63, 3.8) is 0 Å². The van der Waals surface area contributed by atoms with Crippen LogP contribution in [-0.2, 0) is 0 Å². The van der Waals surface area contributed by atoms with Gasteiger partial charge in [0.15, 0.2) is 11.5 Å². The number of hydrogen-bond donors (Lipinski definition) is 3. The Labute approximate surface area is 98.2 Å². The summed E-state index contributed by atoms with van der Waals surface area (Å²) in [6.07, 6.45) is 0. The number of nitrogens with two attached hydrogens (primary N) is 1. The minimum Gasteiger partial charge on any atom is -0.380 e. The van der Waals surface area contributed by atoms with Crippen molar-refractivity contribution in [2.75, 3.05) is 11.1 Å². The summed E-state index contributed by atoms with van der Waals surface area (Å²) in [6, 6.07) is 5.76. The summed E-state index contributed by atoms with van der Waals surface area (Å²) in [6.45, 7) is 3.92. The van der Waals surface area contributed by atoms with Gasteiger partial charge in [0.25, 0.3) is 5.91 Å². The van der Waals surface area contributed by atoms with E-state index in [1.807, 2.05) is 32.0 Å². The highest BCUT2D eigenvalue weighted by Crippen LogP contribution is 2.17. The molecule has 6 nitrogen and oxygen atoms in total. The van der Waals surface area contributed by atoms with Crippen molar-refractivity contribution in [3.8, 4) is 0 Å². The van der Waals surface area contributed by atoms with E-state index in [1.165, 1.54) is 0 Å². The molecular formula is C11H13N5O. The van der Waals surface area contributed by atoms with E-state index in [0.29, 0.717) is 0 Å². The van der Waals surface area contributed by atoms with Gasteiger partial charge in [-0.2, -0.15) is 5.21 Å². The SMILES string of the molecule is Cc1ccc(NC(=O)c2n[nH]nc2N)c(C)c1. The van der Waals surface area contributed by atoms with Crippen molar-refractivity contribution in [1.82, 2.24) is 15.4 Å². The average molecular weight is 231 g/mol. The molecule has 2 aromatic rings. The molecule has 2 rings (SSSR count). The summed E-state index contributed by atoms with van der Waals surface area (Å²) in [5.74, 6) is -0.282. The lowest BCUT2D eigenvalue weighted by Gasteiger charge is -2.07. The standard InChI is InChI=1S/C11H13N5O/c1-6-3-4-8(7(2)5-6)13-11(17)9-10(12)15-16-14-9/h3-5H,1-2H3,(H,13,17)(H3,12,14,15,16). The van der Waals surface area contributed by atoms with E-state index in [0.717, 1.165) is 16.8 Å². The first-order chi connectivity index (χ1) is 8.08. The first-order valence-corrected chi connectivity index (χ1v) is 5.13. The van der Waals surface area contributed by atoms with Crippen molar-refractivity contribution in [3.05, 3.63) is 35.0 Å². The summed E-state index contributed by atoms with van der Waals surface area (Å²) in [5, 5.41) is 12.3. The van der Waals surface area contributed by atoms with Gasteiger partial charge in [0.05, 0.1) is 0 Å². The number of H-pyrrole nitrogens is 1. The molecule has 88 valence electrons. The summed E-state index contributed by atoms with van der Waals surface area (Å²) in [4.78, 5) is 11.8. The monoisotopic (exact) mass is 231 g/mol. The number of nitrogens with one attached hydrogen (secondary N) is 2. The molecule has 0 aliphatic heterocycles. The summed E-state index contributed by atoms with van der Waals surface area (Å²) in [5.41, 5.74) is 8.46. The predicted molar refractivity (Wildman–Crippen MR) is 64.7 cm³/mol. The van der Waals surface area contributed by atoms with Gasteiger partial charge in [0.1, 0.15) is 0 Å². The van der Waals surface area contributed by atoms with Gasteiger partial charge in [-0.3, -0.25) is 4.79 Å². The number of aromatic amines is 1. The molecule has 0 aliphatic rings. The van der Waals surface area contributed by atoms with Crippen LogP contribution in [0.5, 0.6) is 0 Å². The molecular weight excluding hydrogens is 218 g/mol. The maximum atomic E-state index is 11.8. The second-order valence-electron chi connectivity index (χ2n) is 3.83. The second-order valence-corrected chi connectivity index (χ2v) is 3.83. The number of hydrogen-bond acceptors (Lipinski definition) is 4. The molecule has 0 fully saturated rings. The number of nitrogen functional groups attached to an aromatic ring is 1. The van der Waals surface area contributed by atoms with Crippen LogP contribution in [0.25, 0.3) is 0 Å². The lowest BCUT2D eigenvalue weighted by Crippen LogP contribution is -2.15. The maximum Gasteiger partial charge on any atom is 0.280 e. The molecule has 0 unspecified atom stereocenters. The third kappa shape index (κ3) is 2.25. The van der Waals surface area contributed by atoms with Gasteiger partial charge in [-0.1, -0.05) is 17.7 Å². The molecule has 0 spiro atoms. The maximum absolute atomic E-state index is 11.8. The van der Waals surface area contributed by atoms with Crippen LogP contribution in [0.1, 0.15) is 21.6 Å². The molecule has 1 aromatic heterocycles. The van der Waals surface area contributed by atoms with Crippen molar-refractivity contribution >= 4 is 17.4 Å². The topological polar surface area (TPSA) is 96.7 Å². The third-order valence-corrected chi connectivity index (χ3v) is 2.42. The van der Waals surface area contributed by atoms with Gasteiger partial charge < -0.3 is 11.1 Å². The van der Waals surface area contributed by atoms with Crippen molar-refractivity contribution in [2.45, 2.75) is 13.8 Å². The van der Waals surface area contributed by atoms with Crippen LogP contribution in [0.2, 0.25) is 0 Å². The Bertz CT molecular complexity index is 561. The van der Waals surface area contributed by atoms with Crippen LogP contribution < -0.4 is 11.1 Å². The molecule has 6 heteroatoms. The number of benzene rings is 1. The Morgan fingerprint density at radius 2 is 2.12 bits per heavy atom. The van der Waals surface area contributed by atoms with Crippen LogP contribution in [0.4, 0.5) is 11.5 Å². The molecule has 0 bridgehead atoms. The quantitative estimate of drug-likeness (QED) is 0.724. The van der Waals surface area contributed by atoms with Crippen molar-refractivity contribution < 1.29 is 4.79 Å². The van der Waals surface area contributed by atoms with E-state index in [9.17, 15) is 4.79 Å². The number of carbonyl (C=O) groups is 1. The summed E-state index contributed by atoms with van der Waals surface area (Å²) in [7, 11) is 0. The Morgan fingerprint density at radius 1 is 1.35 bits per heavy atom. The third-order valence-electron chi connectivity index (χ3n) is 2.42. The van der Waals surface area contributed by atoms with Gasteiger partial charge in [0.2, 0.25) is 0 Å². The zero-order valence-corrected chi connectivity index (χ0v) is 9.61. The van der Waals surface area contributed by atoms with Crippen LogP contribution in [0.15, 0.2) is 18.2 Å². The van der Waals surface area contributed by atoms with Crippen molar-refractivity contribution in [2.24, 2.45) is 0 Å². The number of aryl methyl sites for hydroxylation is 2. The van der Waals surface area contributed by atoms with Crippen LogP contribution >= 0.6 is 0 Å². The van der Waals surface area contributed by atoms with Gasteiger partial charge in [-0.25, -0.2) is 0 Å². The van der Waals surface area contributed by atoms with Gasteiger partial charge in [-0.15, -0.1) is 10.2 Å². The molecule has 0 atom stereocenters. The van der Waals surface area contributed by atoms with Gasteiger partial charge in [0, 0.05) is 5.69 Å². The fourth-order valence-corrected chi connectivity index (χ4v) is 1.54. The predicted octanol–water partition coefficient (Wildman–Crippen LogP) is 1.26. The van der Waals surface area contributed by atoms with Gasteiger partial charge in [-0.05, 0) is 25.5 Å². The molecule has 0 aliphatic carbocycles. The Balaban J connectivity index is 2.22. The van der Waals surface area contributed by atoms with E-state index in [2.05, 4.69) is 20.7 Å². The smallest absolute Gasteiger partial charge is 0.280 e. The van der Waals surface area contributed by atoms with E-state index < -0.39 is 0 Å². The zero-order valence-electron chi connectivity index (χ0n) is 9.61. The minimum atomic E-state index is -0.372. The molecule has 17 heavy (non-hydrogen) atoms. The van der Waals surface area contributed by atoms with E-state index in [4.69, 9.17) is 5.73 Å². The van der Waals surface area contributed by atoms with Crippen LogP contribution in [0.3, 0.4) is 0 Å². The van der Waals surface area contributed by atoms with Crippen molar-refractivity contribution in [1.29, 1.82) is 0 Å². The molecule has 0 radical (unpaired) electrons. The average Bonchev–Trinajstić information content (AvgIpc) is 2.68. The number of carbonyl (C=O) groups excluding carboxylic acids is 1. The minimum absolute atomic E-state index is 0.0901. The lowest BCUT2D eigenvalue weighted by atomic mass is 10.1. The molecule has 4 N–H and O–H groups in total. The van der Waals surface area contributed by atoms with E-state index in [-0.39, 0.29) is 17.4 Å². The fourth-order valence-electron chi connectivity index (χ4n) is 1.54. The number of nitrogens with zero attached hydrogens (tertiary/aromatic N) is 2.